The normalized spacial score (nSPS) is 11.3. The standard InChI is InChI=1S/C17H15N5O2S/c1-9-3-4-11-10(7-9)14(21-20-11)17(24)22(2)8-13-18-12-5-6-25-15(12)16(23)19-13/h3-7H,8H2,1-2H3,(H,20,21)(H,18,19,23). The van der Waals surface area contributed by atoms with Crippen molar-refractivity contribution in [1.82, 2.24) is 25.1 Å². The van der Waals surface area contributed by atoms with Crippen LogP contribution >= 0.6 is 11.3 Å². The molecule has 0 radical (unpaired) electrons. The monoisotopic (exact) mass is 353 g/mol. The fourth-order valence-electron chi connectivity index (χ4n) is 2.76. The van der Waals surface area contributed by atoms with Crippen LogP contribution in [0, 0.1) is 6.92 Å². The van der Waals surface area contributed by atoms with Crippen LogP contribution in [0.25, 0.3) is 21.1 Å². The van der Waals surface area contributed by atoms with Gasteiger partial charge in [0.1, 0.15) is 10.5 Å². The minimum absolute atomic E-state index is 0.184. The Morgan fingerprint density at radius 3 is 3.00 bits per heavy atom. The summed E-state index contributed by atoms with van der Waals surface area (Å²) in [5.41, 5.74) is 2.69. The van der Waals surface area contributed by atoms with Gasteiger partial charge in [-0.3, -0.25) is 14.7 Å². The molecule has 8 heteroatoms. The number of aromatic nitrogens is 4. The van der Waals surface area contributed by atoms with E-state index in [0.29, 0.717) is 21.7 Å². The maximum atomic E-state index is 12.8. The number of fused-ring (bicyclic) bond motifs is 2. The van der Waals surface area contributed by atoms with Crippen LogP contribution < -0.4 is 5.56 Å². The molecule has 7 nitrogen and oxygen atoms in total. The highest BCUT2D eigenvalue weighted by atomic mass is 32.1. The first-order chi connectivity index (χ1) is 12.0. The van der Waals surface area contributed by atoms with Crippen LogP contribution in [-0.2, 0) is 6.54 Å². The first-order valence-electron chi connectivity index (χ1n) is 7.69. The second-order valence-electron chi connectivity index (χ2n) is 5.93. The zero-order chi connectivity index (χ0) is 17.6. The van der Waals surface area contributed by atoms with Gasteiger partial charge >= 0.3 is 0 Å². The molecule has 4 aromatic rings. The van der Waals surface area contributed by atoms with Gasteiger partial charge in [0.25, 0.3) is 11.5 Å². The van der Waals surface area contributed by atoms with Gasteiger partial charge in [-0.1, -0.05) is 11.6 Å². The van der Waals surface area contributed by atoms with Crippen molar-refractivity contribution in [3.05, 3.63) is 57.1 Å². The molecule has 3 heterocycles. The molecule has 0 bridgehead atoms. The summed E-state index contributed by atoms with van der Waals surface area (Å²) in [6, 6.07) is 7.59. The van der Waals surface area contributed by atoms with Gasteiger partial charge in [0.05, 0.1) is 17.6 Å². The lowest BCUT2D eigenvalue weighted by molar-refractivity contribution is 0.0777. The maximum absolute atomic E-state index is 12.8. The molecule has 2 N–H and O–H groups in total. The van der Waals surface area contributed by atoms with E-state index < -0.39 is 0 Å². The highest BCUT2D eigenvalue weighted by molar-refractivity contribution is 7.17. The minimum atomic E-state index is -0.232. The number of nitrogens with zero attached hydrogens (tertiary/aromatic N) is 3. The van der Waals surface area contributed by atoms with Gasteiger partial charge in [-0.2, -0.15) is 5.10 Å². The Balaban J connectivity index is 1.65. The summed E-state index contributed by atoms with van der Waals surface area (Å²) in [4.78, 5) is 33.4. The third-order valence-electron chi connectivity index (χ3n) is 4.02. The van der Waals surface area contributed by atoms with Crippen molar-refractivity contribution in [2.75, 3.05) is 7.05 Å². The Morgan fingerprint density at radius 2 is 2.16 bits per heavy atom. The molecule has 0 spiro atoms. The highest BCUT2D eigenvalue weighted by Crippen LogP contribution is 2.19. The molecule has 0 saturated carbocycles. The fourth-order valence-corrected chi connectivity index (χ4v) is 3.49. The predicted molar refractivity (Wildman–Crippen MR) is 96.9 cm³/mol. The van der Waals surface area contributed by atoms with Crippen LogP contribution in [0.3, 0.4) is 0 Å². The Bertz CT molecular complexity index is 1160. The SMILES string of the molecule is Cc1ccc2[nH]nc(C(=O)N(C)Cc3nc4ccsc4c(=O)[nH]3)c2c1. The number of benzene rings is 1. The first kappa shape index (κ1) is 15.5. The van der Waals surface area contributed by atoms with Crippen LogP contribution in [0.2, 0.25) is 0 Å². The molecule has 126 valence electrons. The number of aromatic amines is 2. The molecular weight excluding hydrogens is 338 g/mol. The summed E-state index contributed by atoms with van der Waals surface area (Å²) in [5.74, 6) is 0.215. The van der Waals surface area contributed by atoms with E-state index in [-0.39, 0.29) is 18.0 Å². The molecule has 1 aromatic carbocycles. The molecule has 4 rings (SSSR count). The number of thiophene rings is 1. The topological polar surface area (TPSA) is 94.7 Å². The molecule has 0 atom stereocenters. The molecule has 0 fully saturated rings. The first-order valence-corrected chi connectivity index (χ1v) is 8.57. The number of hydrogen-bond donors (Lipinski definition) is 2. The van der Waals surface area contributed by atoms with E-state index in [9.17, 15) is 9.59 Å². The number of rotatable bonds is 3. The molecule has 1 amide bonds. The van der Waals surface area contributed by atoms with Gasteiger partial charge in [0.15, 0.2) is 5.69 Å². The van der Waals surface area contributed by atoms with Crippen LogP contribution in [0.1, 0.15) is 21.9 Å². The fraction of sp³-hybridized carbons (Fsp3) is 0.176. The summed E-state index contributed by atoms with van der Waals surface area (Å²) in [5, 5.41) is 9.63. The quantitative estimate of drug-likeness (QED) is 0.591. The number of aryl methyl sites for hydroxylation is 1. The Morgan fingerprint density at radius 1 is 1.32 bits per heavy atom. The van der Waals surface area contributed by atoms with Gasteiger partial charge in [-0.15, -0.1) is 11.3 Å². The summed E-state index contributed by atoms with van der Waals surface area (Å²) >= 11 is 1.35. The van der Waals surface area contributed by atoms with Crippen molar-refractivity contribution in [3.63, 3.8) is 0 Å². The van der Waals surface area contributed by atoms with Crippen molar-refractivity contribution >= 4 is 38.4 Å². The van der Waals surface area contributed by atoms with Crippen molar-refractivity contribution in [1.29, 1.82) is 0 Å². The van der Waals surface area contributed by atoms with E-state index in [1.807, 2.05) is 30.5 Å². The van der Waals surface area contributed by atoms with E-state index in [1.165, 1.54) is 16.2 Å². The van der Waals surface area contributed by atoms with Crippen LogP contribution in [0.5, 0.6) is 0 Å². The smallest absolute Gasteiger partial charge is 0.275 e. The van der Waals surface area contributed by atoms with Crippen LogP contribution in [0.4, 0.5) is 0 Å². The lowest BCUT2D eigenvalue weighted by Crippen LogP contribution is -2.28. The van der Waals surface area contributed by atoms with Crippen LogP contribution in [0.15, 0.2) is 34.4 Å². The zero-order valence-corrected chi connectivity index (χ0v) is 14.5. The van der Waals surface area contributed by atoms with E-state index in [4.69, 9.17) is 0 Å². The predicted octanol–water partition coefficient (Wildman–Crippen LogP) is 2.44. The third kappa shape index (κ3) is 2.70. The number of hydrogen-bond acceptors (Lipinski definition) is 5. The van der Waals surface area contributed by atoms with Gasteiger partial charge in [-0.25, -0.2) is 4.98 Å². The average molecular weight is 353 g/mol. The van der Waals surface area contributed by atoms with Gasteiger partial charge in [0, 0.05) is 12.4 Å². The summed E-state index contributed by atoms with van der Waals surface area (Å²) < 4.78 is 0.589. The Kier molecular flexibility index (Phi) is 3.61. The molecule has 0 unspecified atom stereocenters. The van der Waals surface area contributed by atoms with Crippen molar-refractivity contribution < 1.29 is 4.79 Å². The average Bonchev–Trinajstić information content (AvgIpc) is 3.20. The van der Waals surface area contributed by atoms with Gasteiger partial charge in [-0.05, 0) is 30.5 Å². The largest absolute Gasteiger partial charge is 0.333 e. The number of carbonyl (C=O) groups excluding carboxylic acids is 1. The van der Waals surface area contributed by atoms with E-state index in [0.717, 1.165) is 16.5 Å². The molecule has 0 aliphatic rings. The maximum Gasteiger partial charge on any atom is 0.275 e. The van der Waals surface area contributed by atoms with Crippen molar-refractivity contribution in [2.45, 2.75) is 13.5 Å². The molecule has 25 heavy (non-hydrogen) atoms. The zero-order valence-electron chi connectivity index (χ0n) is 13.7. The highest BCUT2D eigenvalue weighted by Gasteiger charge is 2.19. The van der Waals surface area contributed by atoms with E-state index >= 15 is 0 Å². The van der Waals surface area contributed by atoms with Crippen molar-refractivity contribution in [3.8, 4) is 0 Å². The molecule has 0 aliphatic heterocycles. The molecule has 0 saturated heterocycles. The minimum Gasteiger partial charge on any atom is -0.333 e. The molecular formula is C17H15N5O2S. The Labute approximate surface area is 146 Å². The second kappa shape index (κ2) is 5.82. The van der Waals surface area contributed by atoms with E-state index in [2.05, 4.69) is 20.2 Å². The number of H-pyrrole nitrogens is 2. The summed E-state index contributed by atoms with van der Waals surface area (Å²) in [6.07, 6.45) is 0. The second-order valence-corrected chi connectivity index (χ2v) is 6.85. The van der Waals surface area contributed by atoms with Gasteiger partial charge < -0.3 is 9.88 Å². The lowest BCUT2D eigenvalue weighted by Gasteiger charge is -2.15. The van der Waals surface area contributed by atoms with E-state index in [1.54, 1.807) is 13.1 Å². The molecule has 0 aliphatic carbocycles. The Hall–Kier alpha value is -3.00. The number of carbonyl (C=O) groups is 1. The van der Waals surface area contributed by atoms with Gasteiger partial charge in [0.2, 0.25) is 0 Å². The molecule has 3 aromatic heterocycles. The van der Waals surface area contributed by atoms with Crippen molar-refractivity contribution in [2.24, 2.45) is 0 Å². The lowest BCUT2D eigenvalue weighted by atomic mass is 10.1. The van der Waals surface area contributed by atoms with Crippen LogP contribution in [-0.4, -0.2) is 38.0 Å². The number of nitrogens with one attached hydrogen (secondary N) is 2. The summed E-state index contributed by atoms with van der Waals surface area (Å²) in [7, 11) is 1.66. The summed E-state index contributed by atoms with van der Waals surface area (Å²) in [6.45, 7) is 2.16. The number of amides is 1. The third-order valence-corrected chi connectivity index (χ3v) is 4.92.